The molecule has 0 bridgehead atoms. The van der Waals surface area contributed by atoms with Crippen molar-refractivity contribution in [3.05, 3.63) is 52.0 Å². The van der Waals surface area contributed by atoms with E-state index in [0.29, 0.717) is 17.8 Å². The van der Waals surface area contributed by atoms with Crippen molar-refractivity contribution in [2.24, 2.45) is 23.7 Å². The van der Waals surface area contributed by atoms with E-state index < -0.39 is 24.2 Å². The molecule has 1 aromatic heterocycles. The van der Waals surface area contributed by atoms with Gasteiger partial charge in [-0.1, -0.05) is 78.8 Å². The molecule has 274 valence electrons. The van der Waals surface area contributed by atoms with Crippen LogP contribution in [0.15, 0.2) is 35.7 Å². The van der Waals surface area contributed by atoms with Crippen LogP contribution in [0.5, 0.6) is 0 Å². The highest BCUT2D eigenvalue weighted by atomic mass is 35.5. The summed E-state index contributed by atoms with van der Waals surface area (Å²) < 4.78 is 0. The minimum atomic E-state index is -0.905. The molecule has 1 unspecified atom stereocenters. The highest BCUT2D eigenvalue weighted by Crippen LogP contribution is 2.31. The maximum absolute atomic E-state index is 13.4. The Bertz CT molecular complexity index is 1190. The van der Waals surface area contributed by atoms with Crippen molar-refractivity contribution in [1.29, 1.82) is 0 Å². The third-order valence-electron chi connectivity index (χ3n) is 8.30. The third kappa shape index (κ3) is 14.3. The van der Waals surface area contributed by atoms with Crippen LogP contribution < -0.4 is 16.1 Å². The van der Waals surface area contributed by atoms with E-state index in [4.69, 9.17) is 19.5 Å². The van der Waals surface area contributed by atoms with Gasteiger partial charge in [0.05, 0.1) is 13.0 Å². The molecule has 0 saturated heterocycles. The van der Waals surface area contributed by atoms with E-state index in [2.05, 4.69) is 62.6 Å². The zero-order valence-electron chi connectivity index (χ0n) is 30.1. The summed E-state index contributed by atoms with van der Waals surface area (Å²) >= 11 is 1.31. The number of hydroxylamine groups is 3. The summed E-state index contributed by atoms with van der Waals surface area (Å²) in [6, 6.07) is 9.19. The first-order valence-electron chi connectivity index (χ1n) is 16.5. The quantitative estimate of drug-likeness (QED) is 0.0610. The summed E-state index contributed by atoms with van der Waals surface area (Å²) in [5.74, 6) is -1.32. The lowest BCUT2D eigenvalue weighted by atomic mass is 9.96. The van der Waals surface area contributed by atoms with Crippen LogP contribution in [0.2, 0.25) is 0 Å². The number of nitrogens with zero attached hydrogens (tertiary/aromatic N) is 2. The van der Waals surface area contributed by atoms with Gasteiger partial charge in [0.15, 0.2) is 6.23 Å². The molecule has 12 nitrogen and oxygen atoms in total. The lowest BCUT2D eigenvalue weighted by Gasteiger charge is -2.36. The number of carbonyl (C=O) groups is 2. The van der Waals surface area contributed by atoms with Gasteiger partial charge >= 0.3 is 5.97 Å². The second-order valence-corrected chi connectivity index (χ2v) is 13.7. The minimum Gasteiger partial charge on any atom is -0.481 e. The number of carboxylic acids is 1. The van der Waals surface area contributed by atoms with Crippen LogP contribution in [0.3, 0.4) is 0 Å². The lowest BCUT2D eigenvalue weighted by molar-refractivity contribution is -0.320. The third-order valence-corrected chi connectivity index (χ3v) is 9.23. The maximum atomic E-state index is 13.4. The number of thiazole rings is 1. The van der Waals surface area contributed by atoms with Gasteiger partial charge in [0.2, 0.25) is 0 Å². The van der Waals surface area contributed by atoms with E-state index in [1.165, 1.54) is 18.4 Å². The first-order chi connectivity index (χ1) is 22.3. The fourth-order valence-corrected chi connectivity index (χ4v) is 5.99. The number of nitrogens with one attached hydrogen (secondary N) is 3. The molecule has 2 aromatic rings. The Hall–Kier alpha value is -2.20. The van der Waals surface area contributed by atoms with Gasteiger partial charge in [-0.25, -0.2) is 14.8 Å². The number of hydrogen-bond donors (Lipinski definition) is 4. The van der Waals surface area contributed by atoms with E-state index in [1.807, 2.05) is 49.5 Å². The molecule has 0 fully saturated rings. The summed E-state index contributed by atoms with van der Waals surface area (Å²) in [6.07, 6.45) is 1.000. The van der Waals surface area contributed by atoms with E-state index in [9.17, 15) is 14.7 Å². The normalized spacial score (nSPS) is 16.2. The average Bonchev–Trinajstić information content (AvgIpc) is 3.53. The molecule has 0 aliphatic heterocycles. The lowest BCUT2D eigenvalue weighted by Crippen LogP contribution is -2.49. The zero-order valence-corrected chi connectivity index (χ0v) is 31.7. The Balaban J connectivity index is 0.0000115. The first kappa shape index (κ1) is 43.8. The van der Waals surface area contributed by atoms with Gasteiger partial charge in [-0.05, 0) is 49.6 Å². The van der Waals surface area contributed by atoms with Crippen molar-refractivity contribution >= 4 is 35.6 Å². The van der Waals surface area contributed by atoms with Crippen molar-refractivity contribution in [3.63, 3.8) is 0 Å². The summed E-state index contributed by atoms with van der Waals surface area (Å²) in [6.45, 7) is 14.2. The van der Waals surface area contributed by atoms with Gasteiger partial charge in [-0.3, -0.25) is 24.6 Å². The molecule has 1 heterocycles. The van der Waals surface area contributed by atoms with Crippen LogP contribution in [0, 0.1) is 23.7 Å². The number of carboxylic acid groups (broad SMARTS) is 1. The fourth-order valence-electron chi connectivity index (χ4n) is 5.16. The van der Waals surface area contributed by atoms with Crippen LogP contribution in [0.25, 0.3) is 0 Å². The SMILES string of the molecule is CC[C@H](C)[C@@H](NO[C@H](NC)C(C)C)ON(C)[C@H](C[C@@H](OOC)c1nc(C(=O)N[C@@H](Cc2ccccc2)CC(C)C(=O)O)cs1)C(C)C.Cl. The van der Waals surface area contributed by atoms with Gasteiger partial charge in [0.1, 0.15) is 23.0 Å². The number of halogens is 1. The molecule has 7 atom stereocenters. The highest BCUT2D eigenvalue weighted by Gasteiger charge is 2.32. The number of hydrogen-bond acceptors (Lipinski definition) is 11. The molecule has 14 heteroatoms. The Morgan fingerprint density at radius 1 is 1.02 bits per heavy atom. The zero-order chi connectivity index (χ0) is 35.1. The molecule has 0 spiro atoms. The van der Waals surface area contributed by atoms with Gasteiger partial charge in [-0.2, -0.15) is 10.5 Å². The molecular weight excluding hydrogens is 658 g/mol. The number of aliphatic carboxylic acids is 1. The second-order valence-electron chi connectivity index (χ2n) is 12.9. The van der Waals surface area contributed by atoms with Gasteiger partial charge < -0.3 is 10.4 Å². The van der Waals surface area contributed by atoms with Crippen LogP contribution in [-0.2, 0) is 30.7 Å². The summed E-state index contributed by atoms with van der Waals surface area (Å²) in [7, 11) is 5.21. The molecule has 4 N–H and O–H groups in total. The fraction of sp³-hybridized carbons (Fsp3) is 0.676. The molecule has 1 aromatic carbocycles. The van der Waals surface area contributed by atoms with E-state index in [-0.39, 0.29) is 66.5 Å². The van der Waals surface area contributed by atoms with Crippen molar-refractivity contribution < 1.29 is 34.1 Å². The maximum Gasteiger partial charge on any atom is 0.306 e. The molecule has 48 heavy (non-hydrogen) atoms. The van der Waals surface area contributed by atoms with Crippen molar-refractivity contribution in [2.45, 2.75) is 105 Å². The summed E-state index contributed by atoms with van der Waals surface area (Å²) in [5, 5.41) is 19.8. The van der Waals surface area contributed by atoms with Crippen molar-refractivity contribution in [1.82, 2.24) is 26.2 Å². The largest absolute Gasteiger partial charge is 0.481 e. The number of amides is 1. The topological polar surface area (TPSA) is 144 Å². The Kier molecular flexibility index (Phi) is 20.5. The van der Waals surface area contributed by atoms with Crippen LogP contribution in [0.4, 0.5) is 0 Å². The molecule has 0 radical (unpaired) electrons. The molecule has 2 rings (SSSR count). The van der Waals surface area contributed by atoms with E-state index >= 15 is 0 Å². The van der Waals surface area contributed by atoms with Gasteiger partial charge in [-0.15, -0.1) is 23.7 Å². The van der Waals surface area contributed by atoms with Crippen LogP contribution in [0.1, 0.15) is 94.9 Å². The Morgan fingerprint density at radius 3 is 2.23 bits per heavy atom. The summed E-state index contributed by atoms with van der Waals surface area (Å²) in [5.41, 5.74) is 4.38. The predicted octanol–water partition coefficient (Wildman–Crippen LogP) is 6.01. The smallest absolute Gasteiger partial charge is 0.306 e. The molecule has 0 aliphatic rings. The highest BCUT2D eigenvalue weighted by molar-refractivity contribution is 7.09. The van der Waals surface area contributed by atoms with Gasteiger partial charge in [0, 0.05) is 30.9 Å². The van der Waals surface area contributed by atoms with Crippen molar-refractivity contribution in [3.8, 4) is 0 Å². The van der Waals surface area contributed by atoms with Gasteiger partial charge in [0.25, 0.3) is 5.91 Å². The molecule has 0 aliphatic carbocycles. The number of rotatable bonds is 23. The number of carbonyl (C=O) groups excluding carboxylic acids is 1. The number of benzene rings is 1. The summed E-state index contributed by atoms with van der Waals surface area (Å²) in [4.78, 5) is 52.9. The van der Waals surface area contributed by atoms with E-state index in [0.717, 1.165) is 12.0 Å². The molecular formula is C34H58ClN5O7S. The van der Waals surface area contributed by atoms with Crippen LogP contribution >= 0.6 is 23.7 Å². The van der Waals surface area contributed by atoms with E-state index in [1.54, 1.807) is 12.3 Å². The predicted molar refractivity (Wildman–Crippen MR) is 190 cm³/mol. The first-order valence-corrected chi connectivity index (χ1v) is 17.4. The Labute approximate surface area is 296 Å². The van der Waals surface area contributed by atoms with Crippen molar-refractivity contribution in [2.75, 3.05) is 21.2 Å². The second kappa shape index (κ2) is 22.5. The van der Waals surface area contributed by atoms with Crippen LogP contribution in [-0.4, -0.2) is 72.8 Å². The monoisotopic (exact) mass is 715 g/mol. The molecule has 0 saturated carbocycles. The Morgan fingerprint density at radius 2 is 1.69 bits per heavy atom. The minimum absolute atomic E-state index is 0. The number of aromatic nitrogens is 1. The standard InChI is InChI=1S/C34H57N5O7S.ClH/c1-11-23(6)32(38-44-31(35-8)22(4)5)45-39(9)28(21(2)3)19-29(46-43-10)33-37-27(20-47-33)30(40)36-26(17-24(7)34(41)42)18-25-15-13-12-14-16-25;/h12-16,20-24,26,28-29,31-32,35,38H,11,17-19H2,1-10H3,(H,36,40)(H,41,42);1H/t23-,24?,26+,28+,29+,31-,32-;/m0./s1. The average molecular weight is 716 g/mol. The molecule has 1 amide bonds.